The third kappa shape index (κ3) is 1.64. The van der Waals surface area contributed by atoms with E-state index < -0.39 is 0 Å². The van der Waals surface area contributed by atoms with E-state index in [1.165, 1.54) is 0 Å². The largest absolute Gasteiger partial charge is 0.502 e. The van der Waals surface area contributed by atoms with E-state index >= 15 is 0 Å². The molecule has 0 fully saturated rings. The highest BCUT2D eigenvalue weighted by molar-refractivity contribution is 5.64. The maximum atomic E-state index is 12.1. The minimum atomic E-state index is -0.320. The minimum Gasteiger partial charge on any atom is -0.502 e. The number of hydrogen-bond donors (Lipinski definition) is 1. The predicted octanol–water partition coefficient (Wildman–Crippen LogP) is 2.67. The molecule has 1 heterocycles. The van der Waals surface area contributed by atoms with Gasteiger partial charge in [-0.15, -0.1) is 0 Å². The van der Waals surface area contributed by atoms with Gasteiger partial charge in [-0.2, -0.15) is 0 Å². The molecule has 0 bridgehead atoms. The van der Waals surface area contributed by atoms with Crippen LogP contribution in [0.3, 0.4) is 0 Å². The Kier molecular flexibility index (Phi) is 2.52. The molecule has 1 aliphatic rings. The van der Waals surface area contributed by atoms with Gasteiger partial charge in [0.2, 0.25) is 11.2 Å². The Balaban J connectivity index is 2.24. The quantitative estimate of drug-likeness (QED) is 0.779. The van der Waals surface area contributed by atoms with E-state index in [4.69, 9.17) is 4.42 Å². The molecule has 0 saturated carbocycles. The zero-order valence-electron chi connectivity index (χ0n) is 9.72. The van der Waals surface area contributed by atoms with Crippen molar-refractivity contribution in [1.29, 1.82) is 0 Å². The summed E-state index contributed by atoms with van der Waals surface area (Å²) in [7, 11) is 0. The molecule has 0 spiro atoms. The lowest BCUT2D eigenvalue weighted by molar-refractivity contribution is 0.422. The first kappa shape index (κ1) is 10.8. The lowest BCUT2D eigenvalue weighted by Crippen LogP contribution is -2.14. The van der Waals surface area contributed by atoms with Crippen LogP contribution in [-0.4, -0.2) is 5.11 Å². The van der Waals surface area contributed by atoms with E-state index in [0.717, 1.165) is 0 Å². The number of fused-ring (bicyclic) bond motifs is 1. The van der Waals surface area contributed by atoms with Gasteiger partial charge in [-0.05, 0) is 6.42 Å². The number of allylic oxidation sites excluding steroid dienone is 2. The predicted molar refractivity (Wildman–Crippen MR) is 68.6 cm³/mol. The summed E-state index contributed by atoms with van der Waals surface area (Å²) < 4.78 is 5.70. The van der Waals surface area contributed by atoms with Crippen LogP contribution in [0, 0.1) is 0 Å². The van der Waals surface area contributed by atoms with Crippen molar-refractivity contribution < 1.29 is 9.52 Å². The standard InChI is InChI=1S/C15H12O3/c16-13-11-8-4-5-9-12(11)18-15(14(13)17)10-6-2-1-3-7-10/h1-7,17H,8-9H2. The van der Waals surface area contributed by atoms with Gasteiger partial charge in [0.1, 0.15) is 5.76 Å². The first-order valence-corrected chi connectivity index (χ1v) is 5.85. The van der Waals surface area contributed by atoms with E-state index in [2.05, 4.69) is 0 Å². The Morgan fingerprint density at radius 1 is 1.06 bits per heavy atom. The molecule has 0 unspecified atom stereocenters. The van der Waals surface area contributed by atoms with Crippen molar-refractivity contribution in [2.24, 2.45) is 0 Å². The summed E-state index contributed by atoms with van der Waals surface area (Å²) in [4.78, 5) is 12.1. The Hall–Kier alpha value is -2.29. The molecule has 1 aromatic heterocycles. The molecule has 1 aliphatic carbocycles. The molecule has 1 aromatic carbocycles. The SMILES string of the molecule is O=c1c(O)c(-c2ccccc2)oc2c1CC=CC2. The molecular formula is C15H12O3. The van der Waals surface area contributed by atoms with Crippen molar-refractivity contribution >= 4 is 0 Å². The topological polar surface area (TPSA) is 50.4 Å². The Bertz CT molecular complexity index is 666. The van der Waals surface area contributed by atoms with E-state index in [1.54, 1.807) is 0 Å². The first-order chi connectivity index (χ1) is 8.77. The average molecular weight is 240 g/mol. The fourth-order valence-corrected chi connectivity index (χ4v) is 2.15. The minimum absolute atomic E-state index is 0.259. The number of rotatable bonds is 1. The highest BCUT2D eigenvalue weighted by Crippen LogP contribution is 2.29. The molecule has 0 radical (unpaired) electrons. The Labute approximate surface area is 104 Å². The van der Waals surface area contributed by atoms with Crippen LogP contribution in [0.2, 0.25) is 0 Å². The van der Waals surface area contributed by atoms with Gasteiger partial charge in [0.25, 0.3) is 0 Å². The van der Waals surface area contributed by atoms with E-state index in [9.17, 15) is 9.90 Å². The molecule has 3 nitrogen and oxygen atoms in total. The fourth-order valence-electron chi connectivity index (χ4n) is 2.15. The number of benzene rings is 1. The zero-order valence-corrected chi connectivity index (χ0v) is 9.72. The lowest BCUT2D eigenvalue weighted by Gasteiger charge is -2.12. The van der Waals surface area contributed by atoms with E-state index in [0.29, 0.717) is 29.7 Å². The van der Waals surface area contributed by atoms with Gasteiger partial charge in [0.05, 0.1) is 0 Å². The maximum absolute atomic E-state index is 12.1. The molecule has 1 N–H and O–H groups in total. The van der Waals surface area contributed by atoms with Crippen molar-refractivity contribution in [3.8, 4) is 17.1 Å². The molecule has 3 heteroatoms. The molecule has 18 heavy (non-hydrogen) atoms. The van der Waals surface area contributed by atoms with Gasteiger partial charge in [-0.25, -0.2) is 0 Å². The van der Waals surface area contributed by atoms with Gasteiger partial charge >= 0.3 is 0 Å². The van der Waals surface area contributed by atoms with Crippen LogP contribution in [-0.2, 0) is 12.8 Å². The third-order valence-electron chi connectivity index (χ3n) is 3.09. The zero-order chi connectivity index (χ0) is 12.5. The Morgan fingerprint density at radius 2 is 1.78 bits per heavy atom. The van der Waals surface area contributed by atoms with Gasteiger partial charge in [0, 0.05) is 17.5 Å². The fraction of sp³-hybridized carbons (Fsp3) is 0.133. The second kappa shape index (κ2) is 4.18. The summed E-state index contributed by atoms with van der Waals surface area (Å²) in [6.07, 6.45) is 5.02. The second-order valence-corrected chi connectivity index (χ2v) is 4.26. The summed E-state index contributed by atoms with van der Waals surface area (Å²) in [6.45, 7) is 0. The van der Waals surface area contributed by atoms with Crippen LogP contribution in [0.1, 0.15) is 11.3 Å². The van der Waals surface area contributed by atoms with Crippen molar-refractivity contribution in [1.82, 2.24) is 0 Å². The van der Waals surface area contributed by atoms with Gasteiger partial charge < -0.3 is 9.52 Å². The van der Waals surface area contributed by atoms with Crippen molar-refractivity contribution in [2.75, 3.05) is 0 Å². The van der Waals surface area contributed by atoms with Crippen LogP contribution in [0.4, 0.5) is 0 Å². The van der Waals surface area contributed by atoms with Crippen LogP contribution >= 0.6 is 0 Å². The van der Waals surface area contributed by atoms with Crippen LogP contribution < -0.4 is 5.43 Å². The molecule has 0 saturated heterocycles. The van der Waals surface area contributed by atoms with E-state index in [1.807, 2.05) is 42.5 Å². The van der Waals surface area contributed by atoms with Crippen molar-refractivity contribution in [2.45, 2.75) is 12.8 Å². The van der Waals surface area contributed by atoms with Gasteiger partial charge in [-0.1, -0.05) is 42.5 Å². The Morgan fingerprint density at radius 3 is 2.56 bits per heavy atom. The molecule has 2 aromatic rings. The van der Waals surface area contributed by atoms with Gasteiger partial charge in [0.15, 0.2) is 5.76 Å². The lowest BCUT2D eigenvalue weighted by atomic mass is 10.0. The van der Waals surface area contributed by atoms with Crippen LogP contribution in [0.15, 0.2) is 51.7 Å². The normalized spacial score (nSPS) is 13.3. The summed E-state index contributed by atoms with van der Waals surface area (Å²) in [5.74, 6) is 0.615. The van der Waals surface area contributed by atoms with Crippen molar-refractivity contribution in [3.63, 3.8) is 0 Å². The molecule has 3 rings (SSSR count). The molecule has 0 amide bonds. The third-order valence-corrected chi connectivity index (χ3v) is 3.09. The first-order valence-electron chi connectivity index (χ1n) is 5.85. The summed E-state index contributed by atoms with van der Waals surface area (Å²) >= 11 is 0. The second-order valence-electron chi connectivity index (χ2n) is 4.26. The van der Waals surface area contributed by atoms with Gasteiger partial charge in [-0.3, -0.25) is 4.79 Å². The van der Waals surface area contributed by atoms with Crippen molar-refractivity contribution in [3.05, 3.63) is 64.0 Å². The summed E-state index contributed by atoms with van der Waals surface area (Å²) in [5, 5.41) is 9.98. The summed E-state index contributed by atoms with van der Waals surface area (Å²) in [5.41, 5.74) is 0.957. The highest BCUT2D eigenvalue weighted by atomic mass is 16.4. The summed E-state index contributed by atoms with van der Waals surface area (Å²) in [6, 6.07) is 9.17. The molecule has 90 valence electrons. The molecule has 0 aliphatic heterocycles. The maximum Gasteiger partial charge on any atom is 0.230 e. The van der Waals surface area contributed by atoms with E-state index in [-0.39, 0.29) is 16.9 Å². The molecular weight excluding hydrogens is 228 g/mol. The monoisotopic (exact) mass is 240 g/mol. The molecule has 0 atom stereocenters. The number of aromatic hydroxyl groups is 1. The number of hydrogen-bond acceptors (Lipinski definition) is 3. The smallest absolute Gasteiger partial charge is 0.230 e. The van der Waals surface area contributed by atoms with Crippen LogP contribution in [0.25, 0.3) is 11.3 Å². The highest BCUT2D eigenvalue weighted by Gasteiger charge is 2.19. The average Bonchev–Trinajstić information content (AvgIpc) is 2.44. The van der Waals surface area contributed by atoms with Crippen LogP contribution in [0.5, 0.6) is 5.75 Å².